The average Bonchev–Trinajstić information content (AvgIpc) is 3.25. The van der Waals surface area contributed by atoms with Crippen molar-refractivity contribution in [1.82, 2.24) is 4.98 Å². The van der Waals surface area contributed by atoms with Gasteiger partial charge in [-0.3, -0.25) is 0 Å². The molecule has 0 atom stereocenters. The number of nitrogens with zero attached hydrogens (tertiary/aromatic N) is 2. The molecule has 0 fully saturated rings. The van der Waals surface area contributed by atoms with Crippen LogP contribution in [0.3, 0.4) is 0 Å². The Morgan fingerprint density at radius 2 is 1.42 bits per heavy atom. The molecule has 0 N–H and O–H groups in total. The molecule has 4 heteroatoms. The number of rotatable bonds is 13. The van der Waals surface area contributed by atoms with Gasteiger partial charge in [-0.05, 0) is 0 Å². The van der Waals surface area contributed by atoms with Crippen molar-refractivity contribution >= 4 is 50.9 Å². The standard InChI is InChI=1S/C17H15N2O.3C4H9.Sn/c1-19(2)14-10-7-13(8-11-14)9-12-17-18-15-5-3-4-6-16(15)20-17;3*1-3-4-2;/h3,5-12H,1-2H3;3*1,3-4H2,2H3;/b12-9+;;;;. The molecule has 0 unspecified atom stereocenters. The number of aromatic nitrogens is 1. The van der Waals surface area contributed by atoms with Gasteiger partial charge in [-0.2, -0.15) is 0 Å². The van der Waals surface area contributed by atoms with Crippen LogP contribution in [0.25, 0.3) is 23.3 Å². The monoisotopic (exact) mass is 554 g/mol. The van der Waals surface area contributed by atoms with Crippen LogP contribution in [0.1, 0.15) is 70.8 Å². The summed E-state index contributed by atoms with van der Waals surface area (Å²) in [7, 11) is 4.12. The van der Waals surface area contributed by atoms with Crippen LogP contribution in [0.15, 0.2) is 46.9 Å². The van der Waals surface area contributed by atoms with E-state index < -0.39 is 18.4 Å². The van der Waals surface area contributed by atoms with Crippen LogP contribution in [0.2, 0.25) is 13.3 Å². The molecule has 3 aromatic rings. The van der Waals surface area contributed by atoms with Gasteiger partial charge in [0.1, 0.15) is 0 Å². The van der Waals surface area contributed by atoms with Gasteiger partial charge in [-0.1, -0.05) is 0 Å². The number of oxazole rings is 1. The van der Waals surface area contributed by atoms with Gasteiger partial charge >= 0.3 is 192 Å². The van der Waals surface area contributed by atoms with E-state index in [-0.39, 0.29) is 0 Å². The number of anilines is 1. The first-order valence-corrected chi connectivity index (χ1v) is 20.4. The van der Waals surface area contributed by atoms with E-state index in [0.717, 1.165) is 16.7 Å². The molecule has 33 heavy (non-hydrogen) atoms. The molecule has 0 bridgehead atoms. The maximum atomic E-state index is 6.23. The first-order valence-electron chi connectivity index (χ1n) is 12.9. The topological polar surface area (TPSA) is 29.3 Å². The SMILES string of the molecule is CCC[CH2][Sn]([CH2]CCC)([CH2]CCC)[c]1ccc2nc(/C=C/c3ccc(N(C)C)cc3)oc2c1. The molecule has 0 saturated heterocycles. The van der Waals surface area contributed by atoms with Crippen LogP contribution in [0, 0.1) is 0 Å². The summed E-state index contributed by atoms with van der Waals surface area (Å²) in [6.45, 7) is 7.01. The maximum absolute atomic E-state index is 6.23. The van der Waals surface area contributed by atoms with Gasteiger partial charge in [0, 0.05) is 14.1 Å². The van der Waals surface area contributed by atoms with E-state index in [1.165, 1.54) is 57.5 Å². The number of hydrogen-bond acceptors (Lipinski definition) is 3. The molecule has 0 aliphatic carbocycles. The fraction of sp³-hybridized carbons (Fsp3) is 0.483. The normalized spacial score (nSPS) is 12.2. The summed E-state index contributed by atoms with van der Waals surface area (Å²) in [5.74, 6) is 0.690. The van der Waals surface area contributed by atoms with Crippen molar-refractivity contribution in [2.75, 3.05) is 19.0 Å². The summed E-state index contributed by atoms with van der Waals surface area (Å²) < 4.78 is 12.3. The molecule has 0 amide bonds. The molecule has 0 spiro atoms. The van der Waals surface area contributed by atoms with Crippen molar-refractivity contribution in [2.45, 2.75) is 72.6 Å². The fourth-order valence-electron chi connectivity index (χ4n) is 4.75. The van der Waals surface area contributed by atoms with Gasteiger partial charge < -0.3 is 0 Å². The van der Waals surface area contributed by atoms with Crippen LogP contribution in [0.4, 0.5) is 5.69 Å². The van der Waals surface area contributed by atoms with Crippen LogP contribution in [0.5, 0.6) is 0 Å². The van der Waals surface area contributed by atoms with Gasteiger partial charge in [0.15, 0.2) is 0 Å². The van der Waals surface area contributed by atoms with E-state index in [9.17, 15) is 0 Å². The minimum absolute atomic E-state index is 0.690. The second-order valence-electron chi connectivity index (χ2n) is 9.64. The van der Waals surface area contributed by atoms with Crippen molar-refractivity contribution in [3.63, 3.8) is 0 Å². The second-order valence-corrected chi connectivity index (χ2v) is 22.9. The summed E-state index contributed by atoms with van der Waals surface area (Å²) in [5.41, 5.74) is 4.28. The zero-order valence-electron chi connectivity index (χ0n) is 21.4. The Morgan fingerprint density at radius 3 is 1.97 bits per heavy atom. The summed E-state index contributed by atoms with van der Waals surface area (Å²) >= 11 is -2.46. The number of unbranched alkanes of at least 4 members (excludes halogenated alkanes) is 3. The Morgan fingerprint density at radius 1 is 0.818 bits per heavy atom. The number of fused-ring (bicyclic) bond motifs is 1. The molecule has 0 aliphatic heterocycles. The fourth-order valence-corrected chi connectivity index (χ4v) is 20.7. The van der Waals surface area contributed by atoms with Gasteiger partial charge in [-0.15, -0.1) is 0 Å². The predicted molar refractivity (Wildman–Crippen MR) is 148 cm³/mol. The molecule has 0 saturated carbocycles. The van der Waals surface area contributed by atoms with Crippen LogP contribution >= 0.6 is 0 Å². The first kappa shape index (κ1) is 25.9. The van der Waals surface area contributed by atoms with E-state index in [0.29, 0.717) is 5.89 Å². The number of hydrogen-bond donors (Lipinski definition) is 0. The summed E-state index contributed by atoms with van der Waals surface area (Å²) in [6, 6.07) is 15.5. The Balaban J connectivity index is 1.88. The molecular formula is C29H42N2OSn. The van der Waals surface area contributed by atoms with E-state index in [1.54, 1.807) is 3.58 Å². The molecule has 1 aromatic heterocycles. The average molecular weight is 553 g/mol. The molecule has 0 radical (unpaired) electrons. The van der Waals surface area contributed by atoms with Crippen molar-refractivity contribution in [1.29, 1.82) is 0 Å². The molecule has 3 rings (SSSR count). The van der Waals surface area contributed by atoms with Crippen LogP contribution < -0.4 is 8.48 Å². The van der Waals surface area contributed by atoms with Gasteiger partial charge in [0.05, 0.1) is 0 Å². The van der Waals surface area contributed by atoms with E-state index in [4.69, 9.17) is 9.40 Å². The Hall–Kier alpha value is -1.75. The Bertz CT molecular complexity index is 998. The van der Waals surface area contributed by atoms with Crippen LogP contribution in [-0.2, 0) is 0 Å². The molecule has 178 valence electrons. The molecule has 0 aliphatic rings. The third kappa shape index (κ3) is 6.88. The van der Waals surface area contributed by atoms with Crippen molar-refractivity contribution < 1.29 is 4.42 Å². The summed E-state index contributed by atoms with van der Waals surface area (Å²) in [5, 5.41) is 0. The number of benzene rings is 2. The van der Waals surface area contributed by atoms with Crippen molar-refractivity contribution in [3.8, 4) is 0 Å². The Labute approximate surface area is 205 Å². The molecular weight excluding hydrogens is 511 g/mol. The Kier molecular flexibility index (Phi) is 9.91. The van der Waals surface area contributed by atoms with E-state index >= 15 is 0 Å². The molecule has 2 aromatic carbocycles. The van der Waals surface area contributed by atoms with Crippen LogP contribution in [-0.4, -0.2) is 37.5 Å². The zero-order chi connectivity index (χ0) is 23.7. The minimum atomic E-state index is -2.46. The second kappa shape index (κ2) is 12.6. The van der Waals surface area contributed by atoms with Crippen molar-refractivity contribution in [2.24, 2.45) is 0 Å². The molecule has 3 nitrogen and oxygen atoms in total. The predicted octanol–water partition coefficient (Wildman–Crippen LogP) is 8.12. The van der Waals surface area contributed by atoms with E-state index in [2.05, 4.69) is 88.3 Å². The molecule has 1 heterocycles. The van der Waals surface area contributed by atoms with Gasteiger partial charge in [0.25, 0.3) is 0 Å². The van der Waals surface area contributed by atoms with E-state index in [1.807, 2.05) is 6.08 Å². The van der Waals surface area contributed by atoms with Crippen molar-refractivity contribution in [3.05, 3.63) is 53.9 Å². The third-order valence-corrected chi connectivity index (χ3v) is 22.5. The quantitative estimate of drug-likeness (QED) is 0.200. The zero-order valence-corrected chi connectivity index (χ0v) is 24.2. The first-order chi connectivity index (χ1) is 16.0. The third-order valence-electron chi connectivity index (χ3n) is 6.87. The van der Waals surface area contributed by atoms with Gasteiger partial charge in [0.2, 0.25) is 0 Å². The summed E-state index contributed by atoms with van der Waals surface area (Å²) in [6.07, 6.45) is 12.1. The summed E-state index contributed by atoms with van der Waals surface area (Å²) in [4.78, 5) is 6.85. The van der Waals surface area contributed by atoms with Gasteiger partial charge in [-0.25, -0.2) is 0 Å².